The van der Waals surface area contributed by atoms with Crippen LogP contribution in [0.4, 0.5) is 0 Å². The minimum atomic E-state index is -0.651. The summed E-state index contributed by atoms with van der Waals surface area (Å²) < 4.78 is 5.51. The maximum atomic E-state index is 11.0. The first-order valence-electron chi connectivity index (χ1n) is 3.64. The second-order valence-electron chi connectivity index (χ2n) is 2.32. The number of rotatable bonds is 3. The summed E-state index contributed by atoms with van der Waals surface area (Å²) in [4.78, 5) is 11.0. The summed E-state index contributed by atoms with van der Waals surface area (Å²) in [5, 5.41) is 21.6. The lowest BCUT2D eigenvalue weighted by atomic mass is 10.3. The molecule has 1 aromatic rings. The summed E-state index contributed by atoms with van der Waals surface area (Å²) in [6.07, 6.45) is 1.19. The number of aliphatic hydroxyl groups is 1. The molecule has 0 fully saturated rings. The number of hydrogen-bond donors (Lipinski definition) is 2. The molecule has 0 saturated heterocycles. The first-order valence-corrected chi connectivity index (χ1v) is 3.64. The molecule has 13 heavy (non-hydrogen) atoms. The van der Waals surface area contributed by atoms with E-state index in [2.05, 4.69) is 9.84 Å². The van der Waals surface area contributed by atoms with Crippen LogP contribution in [0.25, 0.3) is 0 Å². The van der Waals surface area contributed by atoms with Crippen LogP contribution < -0.4 is 0 Å². The Morgan fingerprint density at radius 1 is 1.77 bits per heavy atom. The Labute approximate surface area is 74.4 Å². The van der Waals surface area contributed by atoms with Gasteiger partial charge in [0.2, 0.25) is 5.88 Å². The number of aromatic nitrogens is 2. The number of hydrogen-bond acceptors (Lipinski definition) is 5. The van der Waals surface area contributed by atoms with Gasteiger partial charge in [-0.25, -0.2) is 9.48 Å². The lowest BCUT2D eigenvalue weighted by molar-refractivity contribution is 0.0596. The van der Waals surface area contributed by atoms with Crippen LogP contribution in [-0.4, -0.2) is 39.7 Å². The number of methoxy groups -OCH3 is 1. The minimum Gasteiger partial charge on any atom is -0.493 e. The molecule has 0 radical (unpaired) electrons. The first kappa shape index (κ1) is 9.53. The fraction of sp³-hybridized carbons (Fsp3) is 0.429. The predicted molar refractivity (Wildman–Crippen MR) is 42.3 cm³/mol. The first-order chi connectivity index (χ1) is 6.20. The molecule has 0 aliphatic rings. The van der Waals surface area contributed by atoms with E-state index in [4.69, 9.17) is 5.11 Å². The normalized spacial score (nSPS) is 10.0. The number of carbonyl (C=O) groups is 1. The lowest BCUT2D eigenvalue weighted by Crippen LogP contribution is -2.04. The topological polar surface area (TPSA) is 84.6 Å². The molecule has 0 atom stereocenters. The fourth-order valence-electron chi connectivity index (χ4n) is 0.891. The van der Waals surface area contributed by atoms with E-state index in [-0.39, 0.29) is 24.6 Å². The number of nitrogens with zero attached hydrogens (tertiary/aromatic N) is 2. The Balaban J connectivity index is 2.92. The quantitative estimate of drug-likeness (QED) is 0.614. The van der Waals surface area contributed by atoms with Gasteiger partial charge in [0.25, 0.3) is 0 Å². The molecule has 1 rings (SSSR count). The van der Waals surface area contributed by atoms with Crippen LogP contribution in [0.15, 0.2) is 6.20 Å². The number of esters is 1. The van der Waals surface area contributed by atoms with Gasteiger partial charge < -0.3 is 14.9 Å². The molecule has 1 aromatic heterocycles. The van der Waals surface area contributed by atoms with Gasteiger partial charge in [0.1, 0.15) is 5.56 Å². The van der Waals surface area contributed by atoms with E-state index in [0.717, 1.165) is 4.68 Å². The molecule has 0 unspecified atom stereocenters. The van der Waals surface area contributed by atoms with Crippen LogP contribution in [0, 0.1) is 0 Å². The van der Waals surface area contributed by atoms with Crippen LogP contribution in [0.3, 0.4) is 0 Å². The molecule has 2 N–H and O–H groups in total. The molecule has 0 aliphatic heterocycles. The summed E-state index contributed by atoms with van der Waals surface area (Å²) in [5.74, 6) is -0.942. The summed E-state index contributed by atoms with van der Waals surface area (Å²) >= 11 is 0. The maximum Gasteiger partial charge on any atom is 0.345 e. The van der Waals surface area contributed by atoms with Crippen molar-refractivity contribution in [2.75, 3.05) is 13.7 Å². The fourth-order valence-corrected chi connectivity index (χ4v) is 0.891. The van der Waals surface area contributed by atoms with Crippen molar-refractivity contribution in [1.82, 2.24) is 9.78 Å². The van der Waals surface area contributed by atoms with Crippen molar-refractivity contribution in [3.05, 3.63) is 11.8 Å². The summed E-state index contributed by atoms with van der Waals surface area (Å²) in [6.45, 7) is -0.0152. The van der Waals surface area contributed by atoms with E-state index < -0.39 is 5.97 Å². The van der Waals surface area contributed by atoms with Gasteiger partial charge in [-0.05, 0) is 0 Å². The van der Waals surface area contributed by atoms with Crippen LogP contribution in [0.5, 0.6) is 5.88 Å². The van der Waals surface area contributed by atoms with E-state index in [1.807, 2.05) is 0 Å². The van der Waals surface area contributed by atoms with Gasteiger partial charge >= 0.3 is 5.97 Å². The van der Waals surface area contributed by atoms with E-state index in [1.54, 1.807) is 0 Å². The maximum absolute atomic E-state index is 11.0. The molecule has 0 spiro atoms. The Morgan fingerprint density at radius 3 is 3.00 bits per heavy atom. The van der Waals surface area contributed by atoms with E-state index in [1.165, 1.54) is 13.3 Å². The van der Waals surface area contributed by atoms with Crippen molar-refractivity contribution in [2.24, 2.45) is 0 Å². The third kappa shape index (κ3) is 1.78. The third-order valence-electron chi connectivity index (χ3n) is 1.53. The zero-order chi connectivity index (χ0) is 9.84. The molecular weight excluding hydrogens is 176 g/mol. The van der Waals surface area contributed by atoms with Crippen LogP contribution in [0.1, 0.15) is 10.4 Å². The van der Waals surface area contributed by atoms with Crippen molar-refractivity contribution in [2.45, 2.75) is 6.54 Å². The Bertz CT molecular complexity index is 307. The van der Waals surface area contributed by atoms with Crippen molar-refractivity contribution in [3.63, 3.8) is 0 Å². The van der Waals surface area contributed by atoms with Crippen molar-refractivity contribution in [3.8, 4) is 5.88 Å². The number of carbonyl (C=O) groups excluding carboxylic acids is 1. The number of aromatic hydroxyl groups is 1. The smallest absolute Gasteiger partial charge is 0.345 e. The van der Waals surface area contributed by atoms with Crippen LogP contribution >= 0.6 is 0 Å². The molecule has 72 valence electrons. The van der Waals surface area contributed by atoms with Crippen molar-refractivity contribution >= 4 is 5.97 Å². The molecule has 0 saturated carbocycles. The van der Waals surface area contributed by atoms with Gasteiger partial charge in [-0.1, -0.05) is 0 Å². The van der Waals surface area contributed by atoms with Gasteiger partial charge in [-0.3, -0.25) is 0 Å². The second-order valence-corrected chi connectivity index (χ2v) is 2.32. The highest BCUT2D eigenvalue weighted by Gasteiger charge is 2.16. The lowest BCUT2D eigenvalue weighted by Gasteiger charge is -1.99. The molecular formula is C7H10N2O4. The largest absolute Gasteiger partial charge is 0.493 e. The Hall–Kier alpha value is -1.56. The van der Waals surface area contributed by atoms with Crippen LogP contribution in [-0.2, 0) is 11.3 Å². The van der Waals surface area contributed by atoms with Gasteiger partial charge in [-0.15, -0.1) is 0 Å². The average Bonchev–Trinajstić information content (AvgIpc) is 2.48. The van der Waals surface area contributed by atoms with Crippen molar-refractivity contribution in [1.29, 1.82) is 0 Å². The molecule has 1 heterocycles. The summed E-state index contributed by atoms with van der Waals surface area (Å²) in [6, 6.07) is 0. The van der Waals surface area contributed by atoms with E-state index >= 15 is 0 Å². The van der Waals surface area contributed by atoms with E-state index in [9.17, 15) is 9.90 Å². The summed E-state index contributed by atoms with van der Waals surface area (Å²) in [5.41, 5.74) is -0.00375. The van der Waals surface area contributed by atoms with Crippen molar-refractivity contribution < 1.29 is 19.7 Å². The Kier molecular flexibility index (Phi) is 2.86. The van der Waals surface area contributed by atoms with Gasteiger partial charge in [0, 0.05) is 0 Å². The van der Waals surface area contributed by atoms with Gasteiger partial charge in [0.15, 0.2) is 0 Å². The highest BCUT2D eigenvalue weighted by atomic mass is 16.5. The third-order valence-corrected chi connectivity index (χ3v) is 1.53. The van der Waals surface area contributed by atoms with E-state index in [0.29, 0.717) is 0 Å². The summed E-state index contributed by atoms with van der Waals surface area (Å²) in [7, 11) is 1.21. The standard InChI is InChI=1S/C7H10N2O4/c1-13-7(12)5-4-8-9(2-3-10)6(5)11/h4,10-11H,2-3H2,1H3. The SMILES string of the molecule is COC(=O)c1cnn(CCO)c1O. The number of ether oxygens (including phenoxy) is 1. The molecule has 0 aromatic carbocycles. The predicted octanol–water partition coefficient (Wildman–Crippen LogP) is -0.632. The molecule has 0 bridgehead atoms. The highest BCUT2D eigenvalue weighted by molar-refractivity contribution is 5.91. The zero-order valence-corrected chi connectivity index (χ0v) is 7.10. The highest BCUT2D eigenvalue weighted by Crippen LogP contribution is 2.16. The monoisotopic (exact) mass is 186 g/mol. The molecule has 6 nitrogen and oxygen atoms in total. The second kappa shape index (κ2) is 3.90. The zero-order valence-electron chi connectivity index (χ0n) is 7.10. The molecule has 0 aliphatic carbocycles. The molecule has 6 heteroatoms. The average molecular weight is 186 g/mol. The van der Waals surface area contributed by atoms with Gasteiger partial charge in [0.05, 0.1) is 26.5 Å². The Morgan fingerprint density at radius 2 is 2.46 bits per heavy atom. The van der Waals surface area contributed by atoms with Gasteiger partial charge in [-0.2, -0.15) is 5.10 Å². The number of aliphatic hydroxyl groups excluding tert-OH is 1. The molecule has 0 amide bonds. The minimum absolute atomic E-state index is 0.00375. The van der Waals surface area contributed by atoms with Crippen LogP contribution in [0.2, 0.25) is 0 Å².